The first-order valence-corrected chi connectivity index (χ1v) is 20.9. The molecule has 0 saturated carbocycles. The van der Waals surface area contributed by atoms with Crippen molar-refractivity contribution in [1.29, 1.82) is 0 Å². The Bertz CT molecular complexity index is 3510. The molecule has 5 heteroatoms. The molecule has 58 heavy (non-hydrogen) atoms. The molecule has 0 atom stereocenters. The number of hydrogen-bond donors (Lipinski definition) is 1. The van der Waals surface area contributed by atoms with Crippen LogP contribution in [0, 0.1) is 0 Å². The van der Waals surface area contributed by atoms with E-state index in [2.05, 4.69) is 190 Å². The summed E-state index contributed by atoms with van der Waals surface area (Å²) >= 11 is 1.83. The number of rotatable bonds is 6. The zero-order valence-electron chi connectivity index (χ0n) is 31.8. The van der Waals surface area contributed by atoms with Crippen molar-refractivity contribution in [3.8, 4) is 5.69 Å². The van der Waals surface area contributed by atoms with Crippen LogP contribution in [0.15, 0.2) is 182 Å². The van der Waals surface area contributed by atoms with Crippen molar-refractivity contribution in [1.82, 2.24) is 13.7 Å². The van der Waals surface area contributed by atoms with Gasteiger partial charge in [-0.25, -0.2) is 0 Å². The van der Waals surface area contributed by atoms with Crippen molar-refractivity contribution in [2.24, 2.45) is 5.73 Å². The molecule has 0 spiro atoms. The minimum absolute atomic E-state index is 0.756. The summed E-state index contributed by atoms with van der Waals surface area (Å²) in [7, 11) is 0. The van der Waals surface area contributed by atoms with Gasteiger partial charge in [0.25, 0.3) is 0 Å². The lowest BCUT2D eigenvalue weighted by atomic mass is 9.98. The third kappa shape index (κ3) is 4.87. The van der Waals surface area contributed by atoms with E-state index in [9.17, 15) is 0 Å². The largest absolute Gasteiger partial charge is 0.398 e. The van der Waals surface area contributed by atoms with E-state index in [1.807, 2.05) is 17.4 Å². The molecule has 0 radical (unpaired) electrons. The molecule has 0 bridgehead atoms. The van der Waals surface area contributed by atoms with Crippen molar-refractivity contribution in [3.63, 3.8) is 0 Å². The molecule has 0 aliphatic heterocycles. The van der Waals surface area contributed by atoms with Gasteiger partial charge < -0.3 is 19.4 Å². The number of aromatic nitrogens is 3. The van der Waals surface area contributed by atoms with Gasteiger partial charge >= 0.3 is 0 Å². The number of nitrogens with zero attached hydrogens (tertiary/aromatic N) is 3. The Morgan fingerprint density at radius 3 is 1.97 bits per heavy atom. The lowest BCUT2D eigenvalue weighted by molar-refractivity contribution is 0.765. The Hall–Kier alpha value is -7.08. The highest BCUT2D eigenvalue weighted by Gasteiger charge is 2.27. The van der Waals surface area contributed by atoms with Gasteiger partial charge in [0, 0.05) is 76.1 Å². The average Bonchev–Trinajstić information content (AvgIpc) is 4.01. The first kappa shape index (κ1) is 33.1. The van der Waals surface area contributed by atoms with E-state index in [-0.39, 0.29) is 0 Å². The SMILES string of the molecule is N/C(=C\C=C/Cn1c2c(c3ccccc31)C(n1c3ccccc3c3c(-n4c5ccccc5c5ccccc54)cccc31)=CCC2)c1ccc2sc3ccccc3c2c1. The second-order valence-electron chi connectivity index (χ2n) is 15.3. The molecule has 0 unspecified atom stereocenters. The molecular formula is C53H38N4S. The summed E-state index contributed by atoms with van der Waals surface area (Å²) in [5.41, 5.74) is 19.8. The summed E-state index contributed by atoms with van der Waals surface area (Å²) in [4.78, 5) is 0. The van der Waals surface area contributed by atoms with Crippen LogP contribution in [0.5, 0.6) is 0 Å². The number of para-hydroxylation sites is 4. The van der Waals surface area contributed by atoms with Crippen molar-refractivity contribution < 1.29 is 0 Å². The minimum atomic E-state index is 0.756. The molecule has 12 rings (SSSR count). The van der Waals surface area contributed by atoms with Crippen LogP contribution in [0.1, 0.15) is 23.2 Å². The molecular weight excluding hydrogens is 725 g/mol. The third-order valence-corrected chi connectivity index (χ3v) is 13.4. The van der Waals surface area contributed by atoms with Gasteiger partial charge in [-0.15, -0.1) is 11.3 Å². The van der Waals surface area contributed by atoms with Gasteiger partial charge in [-0.1, -0.05) is 121 Å². The molecule has 0 saturated heterocycles. The monoisotopic (exact) mass is 762 g/mol. The van der Waals surface area contributed by atoms with Crippen LogP contribution in [0.3, 0.4) is 0 Å². The van der Waals surface area contributed by atoms with Crippen LogP contribution in [0.4, 0.5) is 0 Å². The molecule has 4 aromatic heterocycles. The van der Waals surface area contributed by atoms with Gasteiger partial charge in [0.2, 0.25) is 0 Å². The molecule has 0 amide bonds. The summed E-state index contributed by atoms with van der Waals surface area (Å²) in [6.07, 6.45) is 10.8. The highest BCUT2D eigenvalue weighted by Crippen LogP contribution is 2.44. The normalized spacial score (nSPS) is 13.7. The van der Waals surface area contributed by atoms with Gasteiger partial charge in [-0.05, 0) is 79.1 Å². The van der Waals surface area contributed by atoms with Gasteiger partial charge in [0.05, 0.1) is 33.5 Å². The molecule has 1 aliphatic rings. The number of nitrogens with two attached hydrogens (primary N) is 1. The molecule has 4 nitrogen and oxygen atoms in total. The average molecular weight is 763 g/mol. The van der Waals surface area contributed by atoms with Crippen molar-refractivity contribution in [3.05, 3.63) is 199 Å². The summed E-state index contributed by atoms with van der Waals surface area (Å²) in [6.45, 7) is 0.756. The van der Waals surface area contributed by atoms with Crippen molar-refractivity contribution >= 4 is 97.4 Å². The van der Waals surface area contributed by atoms with Crippen LogP contribution in [0.2, 0.25) is 0 Å². The van der Waals surface area contributed by atoms with E-state index < -0.39 is 0 Å². The molecule has 4 heterocycles. The highest BCUT2D eigenvalue weighted by molar-refractivity contribution is 7.25. The Kier molecular flexibility index (Phi) is 7.41. The first-order valence-electron chi connectivity index (χ1n) is 20.1. The molecule has 0 fully saturated rings. The fraction of sp³-hybridized carbons (Fsp3) is 0.0566. The van der Waals surface area contributed by atoms with E-state index in [1.54, 1.807) is 0 Å². The standard InChI is InChI=1S/C53H38N4S/c54-41(34-30-31-51-40(33-34)37-17-5-10-29-50(37)58-51)20-11-12-32-55-42-21-6-3-18-38(42)52-46(55)25-13-26-47(52)57-45-24-9-4-19-39(45)53-48(27-14-28-49(53)57)56-43-22-7-1-15-35(43)36-16-2-8-23-44(36)56/h1-12,14-24,26-31,33H,13,25,32,54H2/b12-11-,41-20-. The number of thiophene rings is 1. The molecule has 11 aromatic rings. The predicted molar refractivity (Wildman–Crippen MR) is 248 cm³/mol. The Balaban J connectivity index is 0.972. The third-order valence-electron chi connectivity index (χ3n) is 12.2. The second kappa shape index (κ2) is 13.0. The smallest absolute Gasteiger partial charge is 0.0562 e. The predicted octanol–water partition coefficient (Wildman–Crippen LogP) is 13.6. The number of benzene rings is 7. The lowest BCUT2D eigenvalue weighted by Crippen LogP contribution is -2.09. The zero-order valence-corrected chi connectivity index (χ0v) is 32.6. The van der Waals surface area contributed by atoms with E-state index >= 15 is 0 Å². The van der Waals surface area contributed by atoms with Crippen molar-refractivity contribution in [2.75, 3.05) is 0 Å². The fourth-order valence-corrected chi connectivity index (χ4v) is 10.8. The number of fused-ring (bicyclic) bond motifs is 12. The van der Waals surface area contributed by atoms with Gasteiger partial charge in [-0.2, -0.15) is 0 Å². The summed E-state index contributed by atoms with van der Waals surface area (Å²) < 4.78 is 10.1. The summed E-state index contributed by atoms with van der Waals surface area (Å²) in [5.74, 6) is 0. The Labute approximate surface area is 339 Å². The maximum absolute atomic E-state index is 6.71. The van der Waals surface area contributed by atoms with Crippen LogP contribution in [0.25, 0.3) is 91.8 Å². The van der Waals surface area contributed by atoms with Crippen LogP contribution < -0.4 is 5.73 Å². The summed E-state index contributed by atoms with van der Waals surface area (Å²) in [5, 5.41) is 8.89. The minimum Gasteiger partial charge on any atom is -0.398 e. The number of allylic oxidation sites excluding steroid dienone is 4. The van der Waals surface area contributed by atoms with E-state index in [0.29, 0.717) is 0 Å². The highest BCUT2D eigenvalue weighted by atomic mass is 32.1. The topological polar surface area (TPSA) is 40.8 Å². The molecule has 7 aromatic carbocycles. The molecule has 1 aliphatic carbocycles. The maximum Gasteiger partial charge on any atom is 0.0562 e. The van der Waals surface area contributed by atoms with E-state index in [0.717, 1.165) is 30.6 Å². The quantitative estimate of drug-likeness (QED) is 0.168. The fourth-order valence-electron chi connectivity index (χ4n) is 9.73. The Morgan fingerprint density at radius 1 is 0.569 bits per heavy atom. The van der Waals surface area contributed by atoms with Gasteiger partial charge in [-0.3, -0.25) is 0 Å². The van der Waals surface area contributed by atoms with E-state index in [4.69, 9.17) is 5.73 Å². The lowest BCUT2D eigenvalue weighted by Gasteiger charge is -2.20. The first-order chi connectivity index (χ1) is 28.7. The second-order valence-corrected chi connectivity index (χ2v) is 16.4. The van der Waals surface area contributed by atoms with E-state index in [1.165, 1.54) is 97.3 Å². The van der Waals surface area contributed by atoms with Crippen LogP contribution >= 0.6 is 11.3 Å². The summed E-state index contributed by atoms with van der Waals surface area (Å²) in [6, 6.07) is 57.4. The molecule has 2 N–H and O–H groups in total. The van der Waals surface area contributed by atoms with Gasteiger partial charge in [0.15, 0.2) is 0 Å². The Morgan fingerprint density at radius 2 is 1.19 bits per heavy atom. The maximum atomic E-state index is 6.71. The zero-order chi connectivity index (χ0) is 38.3. The number of hydrogen-bond acceptors (Lipinski definition) is 2. The van der Waals surface area contributed by atoms with Crippen molar-refractivity contribution in [2.45, 2.75) is 19.4 Å². The van der Waals surface area contributed by atoms with Crippen LogP contribution in [-0.2, 0) is 13.0 Å². The van der Waals surface area contributed by atoms with Gasteiger partial charge in [0.1, 0.15) is 0 Å². The van der Waals surface area contributed by atoms with Crippen LogP contribution in [-0.4, -0.2) is 13.7 Å². The molecule has 276 valence electrons.